The van der Waals surface area contributed by atoms with Crippen molar-refractivity contribution < 1.29 is 4.43 Å². The molecule has 3 rings (SSSR count). The first-order valence-electron chi connectivity index (χ1n) is 10.6. The van der Waals surface area contributed by atoms with E-state index in [1.54, 1.807) is 0 Å². The molecular formula is C26H36OSi. The van der Waals surface area contributed by atoms with E-state index in [0.717, 1.165) is 13.0 Å². The average molecular weight is 393 g/mol. The Bertz CT molecular complexity index is 751. The Labute approximate surface area is 173 Å². The second-order valence-electron chi connectivity index (χ2n) is 9.85. The van der Waals surface area contributed by atoms with Gasteiger partial charge in [-0.1, -0.05) is 101 Å². The fraction of sp³-hybridized carbons (Fsp3) is 0.462. The van der Waals surface area contributed by atoms with E-state index >= 15 is 0 Å². The SMILES string of the molecule is C=C(C)[C@@H]1CC[C@]1(C)CCO[Si](c1ccccc1)(c1ccccc1)C(C)(C)C. The lowest BCUT2D eigenvalue weighted by atomic mass is 9.57. The molecule has 28 heavy (non-hydrogen) atoms. The van der Waals surface area contributed by atoms with E-state index in [9.17, 15) is 0 Å². The summed E-state index contributed by atoms with van der Waals surface area (Å²) in [5.74, 6) is 0.648. The molecule has 2 atom stereocenters. The zero-order valence-electron chi connectivity index (χ0n) is 18.3. The van der Waals surface area contributed by atoms with Crippen LogP contribution in [0.4, 0.5) is 0 Å². The maximum absolute atomic E-state index is 7.08. The average Bonchev–Trinajstić information content (AvgIpc) is 2.64. The van der Waals surface area contributed by atoms with E-state index in [2.05, 4.69) is 102 Å². The van der Waals surface area contributed by atoms with Crippen LogP contribution in [0.3, 0.4) is 0 Å². The molecule has 2 aromatic rings. The Balaban J connectivity index is 1.94. The minimum Gasteiger partial charge on any atom is -0.407 e. The van der Waals surface area contributed by atoms with Gasteiger partial charge in [-0.25, -0.2) is 0 Å². The van der Waals surface area contributed by atoms with Crippen LogP contribution in [-0.2, 0) is 4.43 Å². The summed E-state index contributed by atoms with van der Waals surface area (Å²) >= 11 is 0. The van der Waals surface area contributed by atoms with Crippen LogP contribution in [0.25, 0.3) is 0 Å². The fourth-order valence-electron chi connectivity index (χ4n) is 5.12. The van der Waals surface area contributed by atoms with E-state index in [-0.39, 0.29) is 5.04 Å². The minimum atomic E-state index is -2.41. The zero-order valence-corrected chi connectivity index (χ0v) is 19.3. The lowest BCUT2D eigenvalue weighted by molar-refractivity contribution is 0.0498. The highest BCUT2D eigenvalue weighted by molar-refractivity contribution is 6.99. The van der Waals surface area contributed by atoms with Gasteiger partial charge in [-0.2, -0.15) is 0 Å². The van der Waals surface area contributed by atoms with E-state index in [1.807, 2.05) is 0 Å². The number of benzene rings is 2. The third-order valence-corrected chi connectivity index (χ3v) is 11.9. The predicted octanol–water partition coefficient (Wildman–Crippen LogP) is 5.95. The highest BCUT2D eigenvalue weighted by Crippen LogP contribution is 2.52. The summed E-state index contributed by atoms with van der Waals surface area (Å²) in [6, 6.07) is 21.9. The molecule has 0 aromatic heterocycles. The Kier molecular flexibility index (Phi) is 6.02. The van der Waals surface area contributed by atoms with E-state index in [1.165, 1.54) is 28.8 Å². The Hall–Kier alpha value is -1.64. The predicted molar refractivity (Wildman–Crippen MR) is 124 cm³/mol. The summed E-state index contributed by atoms with van der Waals surface area (Å²) in [6.45, 7) is 16.7. The van der Waals surface area contributed by atoms with Crippen LogP contribution >= 0.6 is 0 Å². The highest BCUT2D eigenvalue weighted by atomic mass is 28.4. The van der Waals surface area contributed by atoms with Gasteiger partial charge in [0.25, 0.3) is 8.32 Å². The van der Waals surface area contributed by atoms with Gasteiger partial charge in [-0.15, -0.1) is 0 Å². The second-order valence-corrected chi connectivity index (χ2v) is 14.2. The van der Waals surface area contributed by atoms with Gasteiger partial charge in [0.2, 0.25) is 0 Å². The molecule has 0 radical (unpaired) electrons. The smallest absolute Gasteiger partial charge is 0.261 e. The largest absolute Gasteiger partial charge is 0.407 e. The van der Waals surface area contributed by atoms with E-state index < -0.39 is 8.32 Å². The molecule has 0 bridgehead atoms. The van der Waals surface area contributed by atoms with Crippen molar-refractivity contribution in [2.45, 2.75) is 58.9 Å². The molecule has 0 unspecified atom stereocenters. The molecule has 0 amide bonds. The third-order valence-electron chi connectivity index (χ3n) is 6.85. The fourth-order valence-corrected chi connectivity index (χ4v) is 9.68. The lowest BCUT2D eigenvalue weighted by Crippen LogP contribution is -2.66. The summed E-state index contributed by atoms with van der Waals surface area (Å²) < 4.78 is 7.08. The quantitative estimate of drug-likeness (QED) is 0.418. The Morgan fingerprint density at radius 2 is 1.54 bits per heavy atom. The molecule has 0 saturated heterocycles. The molecule has 150 valence electrons. The number of hydrogen-bond acceptors (Lipinski definition) is 1. The first kappa shape index (κ1) is 21.1. The maximum atomic E-state index is 7.08. The van der Waals surface area contributed by atoms with E-state index in [4.69, 9.17) is 4.43 Å². The van der Waals surface area contributed by atoms with Gasteiger partial charge < -0.3 is 4.43 Å². The van der Waals surface area contributed by atoms with Crippen molar-refractivity contribution in [1.82, 2.24) is 0 Å². The van der Waals surface area contributed by atoms with Crippen molar-refractivity contribution in [3.8, 4) is 0 Å². The molecule has 0 N–H and O–H groups in total. The third kappa shape index (κ3) is 3.77. The van der Waals surface area contributed by atoms with Crippen molar-refractivity contribution >= 4 is 18.7 Å². The van der Waals surface area contributed by atoms with Crippen LogP contribution in [0.5, 0.6) is 0 Å². The van der Waals surface area contributed by atoms with Crippen LogP contribution in [-0.4, -0.2) is 14.9 Å². The minimum absolute atomic E-state index is 0.0456. The summed E-state index contributed by atoms with van der Waals surface area (Å²) in [7, 11) is -2.41. The molecule has 1 aliphatic rings. The molecule has 1 nitrogen and oxygen atoms in total. The summed E-state index contributed by atoms with van der Waals surface area (Å²) in [6.07, 6.45) is 3.68. The highest BCUT2D eigenvalue weighted by Gasteiger charge is 2.51. The Morgan fingerprint density at radius 3 is 1.89 bits per heavy atom. The van der Waals surface area contributed by atoms with Crippen LogP contribution in [0.15, 0.2) is 72.8 Å². The van der Waals surface area contributed by atoms with Gasteiger partial charge in [-0.05, 0) is 52.9 Å². The van der Waals surface area contributed by atoms with Crippen LogP contribution in [0.1, 0.15) is 53.9 Å². The number of rotatable bonds is 7. The van der Waals surface area contributed by atoms with Crippen molar-refractivity contribution in [2.24, 2.45) is 11.3 Å². The monoisotopic (exact) mass is 392 g/mol. The second kappa shape index (κ2) is 8.00. The molecule has 1 aliphatic carbocycles. The van der Waals surface area contributed by atoms with Crippen molar-refractivity contribution in [3.63, 3.8) is 0 Å². The maximum Gasteiger partial charge on any atom is 0.261 e. The van der Waals surface area contributed by atoms with Crippen molar-refractivity contribution in [3.05, 3.63) is 72.8 Å². The molecule has 1 saturated carbocycles. The number of hydrogen-bond donors (Lipinski definition) is 0. The standard InChI is InChI=1S/C26H36OSi/c1-21(2)24-17-18-26(24,6)19-20-27-28(25(3,4)5,22-13-9-7-10-14-22)23-15-11-8-12-16-23/h7-16,24H,1,17-20H2,2-6H3/t24-,26+/m0/s1. The summed E-state index contributed by atoms with van der Waals surface area (Å²) in [5.41, 5.74) is 1.68. The molecule has 0 heterocycles. The summed E-state index contributed by atoms with van der Waals surface area (Å²) in [5, 5.41) is 2.78. The van der Waals surface area contributed by atoms with Gasteiger partial charge in [0.05, 0.1) is 0 Å². The molecule has 0 aliphatic heterocycles. The molecule has 2 heteroatoms. The first-order valence-corrected chi connectivity index (χ1v) is 12.5. The first-order chi connectivity index (χ1) is 13.2. The lowest BCUT2D eigenvalue weighted by Gasteiger charge is -2.49. The summed E-state index contributed by atoms with van der Waals surface area (Å²) in [4.78, 5) is 0. The van der Waals surface area contributed by atoms with Crippen LogP contribution in [0, 0.1) is 11.3 Å². The van der Waals surface area contributed by atoms with Gasteiger partial charge in [-0.3, -0.25) is 0 Å². The molecule has 1 fully saturated rings. The molecule has 0 spiro atoms. The normalized spacial score (nSPS) is 22.5. The van der Waals surface area contributed by atoms with Crippen LogP contribution in [0.2, 0.25) is 5.04 Å². The van der Waals surface area contributed by atoms with E-state index in [0.29, 0.717) is 11.3 Å². The van der Waals surface area contributed by atoms with Crippen molar-refractivity contribution in [1.29, 1.82) is 0 Å². The number of allylic oxidation sites excluding steroid dienone is 1. The van der Waals surface area contributed by atoms with Gasteiger partial charge >= 0.3 is 0 Å². The molecular weight excluding hydrogens is 356 g/mol. The van der Waals surface area contributed by atoms with Gasteiger partial charge in [0, 0.05) is 6.61 Å². The zero-order chi connectivity index (χ0) is 20.4. The van der Waals surface area contributed by atoms with Gasteiger partial charge in [0.1, 0.15) is 0 Å². The Morgan fingerprint density at radius 1 is 1.04 bits per heavy atom. The van der Waals surface area contributed by atoms with Crippen molar-refractivity contribution in [2.75, 3.05) is 6.61 Å². The molecule has 2 aromatic carbocycles. The van der Waals surface area contributed by atoms with Gasteiger partial charge in [0.15, 0.2) is 0 Å². The topological polar surface area (TPSA) is 9.23 Å². The van der Waals surface area contributed by atoms with Crippen LogP contribution < -0.4 is 10.4 Å².